The Labute approximate surface area is 481 Å². The van der Waals surface area contributed by atoms with Crippen LogP contribution in [0.25, 0.3) is 13.2 Å². The van der Waals surface area contributed by atoms with Crippen molar-refractivity contribution < 1.29 is 86.0 Å². The van der Waals surface area contributed by atoms with Gasteiger partial charge < -0.3 is 28.4 Å². The van der Waals surface area contributed by atoms with Crippen LogP contribution in [-0.2, 0) is 86.0 Å². The van der Waals surface area contributed by atoms with Crippen molar-refractivity contribution in [2.24, 2.45) is 0 Å². The molecule has 440 valence electrons. The first-order valence-electron chi connectivity index (χ1n) is 23.4. The lowest BCUT2D eigenvalue weighted by Gasteiger charge is -1.91. The van der Waals surface area contributed by atoms with Crippen LogP contribution in [0.2, 0.25) is 0 Å². The van der Waals surface area contributed by atoms with E-state index in [9.17, 15) is 47.9 Å². The van der Waals surface area contributed by atoms with Gasteiger partial charge in [-0.25, -0.2) is 28.8 Å². The average molecular weight is 1130 g/mol. The minimum atomic E-state index is -0.759. The molecule has 3 aliphatic carbocycles. The Morgan fingerprint density at radius 1 is 0.598 bits per heavy atom. The molecule has 0 saturated heterocycles. The van der Waals surface area contributed by atoms with Crippen LogP contribution in [0, 0.1) is 23.2 Å². The zero-order chi connectivity index (χ0) is 64.8. The van der Waals surface area contributed by atoms with E-state index in [4.69, 9.17) is 14.9 Å². The Bertz CT molecular complexity index is 2500. The Balaban J connectivity index is -0.000000122. The molecule has 0 radical (unpaired) electrons. The van der Waals surface area contributed by atoms with Crippen LogP contribution < -0.4 is 10.4 Å². The van der Waals surface area contributed by atoms with Crippen molar-refractivity contribution in [1.29, 1.82) is 5.26 Å². The molecule has 1 heterocycles. The van der Waals surface area contributed by atoms with Gasteiger partial charge in [-0.15, -0.1) is 0 Å². The van der Waals surface area contributed by atoms with E-state index in [0.717, 1.165) is 53.2 Å². The minimum Gasteiger partial charge on any atom is -0.469 e. The summed E-state index contributed by atoms with van der Waals surface area (Å²) >= 11 is 0. The molecule has 0 saturated carbocycles. The molecule has 0 N–H and O–H groups in total. The molecule has 0 amide bonds. The Kier molecular flexibility index (Phi) is 77.5. The number of nitriles is 1. The van der Waals surface area contributed by atoms with E-state index in [0.29, 0.717) is 6.42 Å². The first-order valence-corrected chi connectivity index (χ1v) is 23.4. The van der Waals surface area contributed by atoms with Crippen LogP contribution in [0.4, 0.5) is 0 Å². The molecule has 1 aliphatic heterocycles. The van der Waals surface area contributed by atoms with E-state index in [1.165, 1.54) is 91.8 Å². The summed E-state index contributed by atoms with van der Waals surface area (Å²) in [6.45, 7) is 32.9. The van der Waals surface area contributed by atoms with E-state index >= 15 is 0 Å². The van der Waals surface area contributed by atoms with E-state index in [-0.39, 0.29) is 29.5 Å². The third kappa shape index (κ3) is 91.9. The molecule has 0 aromatic heterocycles. The van der Waals surface area contributed by atoms with E-state index in [1.807, 2.05) is 50.0 Å². The number of ether oxygens (including phenoxy) is 6. The number of allylic oxidation sites excluding steroid dienone is 18. The molecule has 1 aromatic carbocycles. The van der Waals surface area contributed by atoms with Crippen molar-refractivity contribution in [2.45, 2.75) is 52.9 Å². The highest BCUT2D eigenvalue weighted by Gasteiger charge is 2.10. The molecular formula is C63H75NO18. The highest BCUT2D eigenvalue weighted by molar-refractivity contribution is 6.14. The van der Waals surface area contributed by atoms with Crippen molar-refractivity contribution in [2.75, 3.05) is 35.5 Å². The number of carbonyl (C=O) groups excluding carboxylic acids is 12. The molecule has 0 fully saturated rings. The summed E-state index contributed by atoms with van der Waals surface area (Å²) < 4.78 is 25.0. The van der Waals surface area contributed by atoms with Crippen LogP contribution in [-0.4, -0.2) is 101 Å². The predicted octanol–water partition coefficient (Wildman–Crippen LogP) is 7.94. The average Bonchev–Trinajstić information content (AvgIpc) is 4.22. The minimum absolute atomic E-state index is 0.0185. The van der Waals surface area contributed by atoms with Gasteiger partial charge in [-0.05, 0) is 80.3 Å². The second-order valence-electron chi connectivity index (χ2n) is 13.5. The predicted molar refractivity (Wildman–Crippen MR) is 315 cm³/mol. The van der Waals surface area contributed by atoms with Crippen LogP contribution in [0.3, 0.4) is 0 Å². The number of rotatable bonds is 7. The highest BCUT2D eigenvalue weighted by Crippen LogP contribution is 1.98. The summed E-state index contributed by atoms with van der Waals surface area (Å²) in [5.41, 5.74) is 1.02. The smallest absolute Gasteiger partial charge is 0.384 e. The monoisotopic (exact) mass is 1130 g/mol. The van der Waals surface area contributed by atoms with Crippen LogP contribution in [0.15, 0.2) is 197 Å². The molecule has 19 heteroatoms. The maximum absolute atomic E-state index is 10.3. The lowest BCUT2D eigenvalue weighted by Crippen LogP contribution is -2.19. The zero-order valence-corrected chi connectivity index (χ0v) is 47.9. The third-order valence-electron chi connectivity index (χ3n) is 7.01. The zero-order valence-electron chi connectivity index (χ0n) is 47.9. The van der Waals surface area contributed by atoms with E-state index < -0.39 is 35.8 Å². The summed E-state index contributed by atoms with van der Waals surface area (Å²) in [5, 5.41) is 9.52. The van der Waals surface area contributed by atoms with Gasteiger partial charge in [-0.2, -0.15) is 14.9 Å². The molecule has 19 nitrogen and oxygen atoms in total. The van der Waals surface area contributed by atoms with Gasteiger partial charge in [0.1, 0.15) is 0 Å². The number of ketones is 3. The highest BCUT2D eigenvalue weighted by atomic mass is 16.6. The summed E-state index contributed by atoms with van der Waals surface area (Å²) in [7, 11) is 6.20. The van der Waals surface area contributed by atoms with Crippen molar-refractivity contribution in [1.82, 2.24) is 0 Å². The summed E-state index contributed by atoms with van der Waals surface area (Å²) in [4.78, 5) is 118. The second kappa shape index (κ2) is 72.3. The SMILES string of the molecule is C1=CCC=C1.C1=CCCC=C1.C=CC#N.C=CC(=C)C.C=CC(C)=O.C=CC=C.C=c1ccccc1=C.CCCC(=O)OC.COC(=O)/C=C\C(=O)OC.COC(=O)C#CC(=O)OC.O=C1C=CC(=O)C=C1.O=C1C=CC(=O)O1.O=C=O. The van der Waals surface area contributed by atoms with Crippen LogP contribution >= 0.6 is 0 Å². The second-order valence-corrected chi connectivity index (χ2v) is 13.5. The normalized spacial score (nSPS) is 10.6. The van der Waals surface area contributed by atoms with Crippen molar-refractivity contribution >= 4 is 78.4 Å². The fourth-order valence-electron chi connectivity index (χ4n) is 3.02. The lowest BCUT2D eigenvalue weighted by molar-refractivity contribution is -0.192. The fourth-order valence-corrected chi connectivity index (χ4v) is 3.02. The molecule has 0 atom stereocenters. The number of cyclic esters (lactones) is 2. The summed E-state index contributed by atoms with van der Waals surface area (Å²) in [5.74, 6) is -0.383. The van der Waals surface area contributed by atoms with Crippen molar-refractivity contribution in [3.05, 3.63) is 207 Å². The molecule has 0 bridgehead atoms. The molecular weight excluding hydrogens is 1060 g/mol. The lowest BCUT2D eigenvalue weighted by atomic mass is 10.2. The summed E-state index contributed by atoms with van der Waals surface area (Å²) in [6, 6.07) is 9.50. The van der Waals surface area contributed by atoms with Gasteiger partial charge in [-0.3, -0.25) is 19.2 Å². The van der Waals surface area contributed by atoms with E-state index in [1.54, 1.807) is 24.3 Å². The summed E-state index contributed by atoms with van der Waals surface area (Å²) in [6.07, 6.45) is 38.8. The Morgan fingerprint density at radius 2 is 0.927 bits per heavy atom. The van der Waals surface area contributed by atoms with Crippen molar-refractivity contribution in [3.63, 3.8) is 0 Å². The largest absolute Gasteiger partial charge is 0.469 e. The number of hydrogen-bond donors (Lipinski definition) is 0. The number of esters is 7. The van der Waals surface area contributed by atoms with Gasteiger partial charge in [0.15, 0.2) is 17.3 Å². The number of nitrogens with zero attached hydrogens (tertiary/aromatic N) is 1. The number of benzene rings is 1. The molecule has 0 unspecified atom stereocenters. The van der Waals surface area contributed by atoms with Gasteiger partial charge in [0.05, 0.1) is 41.6 Å². The van der Waals surface area contributed by atoms with Crippen LogP contribution in [0.5, 0.6) is 0 Å². The maximum Gasteiger partial charge on any atom is 0.384 e. The van der Waals surface area contributed by atoms with Gasteiger partial charge in [0, 0.05) is 48.6 Å². The topological polar surface area (TPSA) is 284 Å². The van der Waals surface area contributed by atoms with Gasteiger partial charge in [-0.1, -0.05) is 156 Å². The van der Waals surface area contributed by atoms with Gasteiger partial charge in [0.25, 0.3) is 0 Å². The van der Waals surface area contributed by atoms with Crippen LogP contribution in [0.1, 0.15) is 52.9 Å². The first kappa shape index (κ1) is 87.9. The number of methoxy groups -OCH3 is 5. The Morgan fingerprint density at radius 3 is 1.07 bits per heavy atom. The van der Waals surface area contributed by atoms with E-state index in [2.05, 4.69) is 130 Å². The number of carbonyl (C=O) groups is 10. The number of hydrogen-bond acceptors (Lipinski definition) is 19. The molecule has 82 heavy (non-hydrogen) atoms. The molecule has 1 aromatic rings. The standard InChI is InChI=1S/C8H8.C6H8O4.C6H6O4.C6H4O2.C6H8.C5H10O2.C5H6.C5H8.C4H2O3.C4H6O.C4H6.C3H3N.CO2/c1-7-5-3-4-6-8(7)2;2*1-9-5(7)3-4-6(8)10-2;7-5-1-2-6(8)4-3-5;1-2-4-6-5-3-1;1-3-4-5(6)7-2;1-2-4-5-3-1;1-4-5(2)3;5-3-1-2-4(6)7-3;1-3-4(2)5;1-3-4-2;1-2-3-4;2-1-3/h3-6H,1-2H2;3-4H,1-2H3;1-2H3;1-4H;1-4H,5-6H2;3-4H2,1-2H3;1-4H,5H2;4H,1-2H2,3H3;1-2H;3H,1H2,2H3;3-4H,1-2H2;2H,1H2;/b;4-3-;;;;;;;;;;;. The Hall–Kier alpha value is -10.8. The van der Waals surface area contributed by atoms with Gasteiger partial charge in [0.2, 0.25) is 0 Å². The maximum atomic E-state index is 10.3. The molecule has 4 aliphatic rings. The fraction of sp³-hybridized carbons (Fsp3) is 0.206. The molecule has 5 rings (SSSR count). The third-order valence-corrected chi connectivity index (χ3v) is 7.01. The first-order chi connectivity index (χ1) is 38.9. The molecule has 0 spiro atoms. The van der Waals surface area contributed by atoms with Gasteiger partial charge >= 0.3 is 47.9 Å². The van der Waals surface area contributed by atoms with Crippen molar-refractivity contribution in [3.8, 4) is 17.9 Å². The quantitative estimate of drug-likeness (QED) is 0.0288.